The Morgan fingerprint density at radius 1 is 1.17 bits per heavy atom. The molecule has 2 saturated carbocycles. The first-order valence-corrected chi connectivity index (χ1v) is 9.33. The lowest BCUT2D eigenvalue weighted by atomic mass is 9.83. The van der Waals surface area contributed by atoms with Gasteiger partial charge in [0.15, 0.2) is 0 Å². The van der Waals surface area contributed by atoms with Gasteiger partial charge in [0.1, 0.15) is 6.10 Å². The first-order valence-electron chi connectivity index (χ1n) is 7.79. The fraction of sp³-hybridized carbons (Fsp3) is 0.500. The summed E-state index contributed by atoms with van der Waals surface area (Å²) in [5.41, 5.74) is 0.396. The van der Waals surface area contributed by atoms with Crippen molar-refractivity contribution in [3.63, 3.8) is 0 Å². The van der Waals surface area contributed by atoms with Gasteiger partial charge in [0.25, 0.3) is 0 Å². The number of carbonyl (C=O) groups is 2. The van der Waals surface area contributed by atoms with Crippen LogP contribution in [0.4, 0.5) is 0 Å². The lowest BCUT2D eigenvalue weighted by molar-refractivity contribution is -0.148. The number of hydrogen-bond acceptors (Lipinski definition) is 6. The Morgan fingerprint density at radius 3 is 2.54 bits per heavy atom. The molecule has 2 bridgehead atoms. The second-order valence-corrected chi connectivity index (χ2v) is 8.37. The zero-order valence-corrected chi connectivity index (χ0v) is 13.7. The van der Waals surface area contributed by atoms with Gasteiger partial charge in [0.05, 0.1) is 29.9 Å². The van der Waals surface area contributed by atoms with E-state index >= 15 is 0 Å². The molecule has 7 nitrogen and oxygen atoms in total. The minimum absolute atomic E-state index is 0.224. The molecular formula is C16H17NO6S. The van der Waals surface area contributed by atoms with Gasteiger partial charge in [-0.25, -0.2) is 17.9 Å². The maximum Gasteiger partial charge on any atom is 0.338 e. The van der Waals surface area contributed by atoms with Crippen LogP contribution in [0.2, 0.25) is 0 Å². The van der Waals surface area contributed by atoms with Crippen LogP contribution in [0.5, 0.6) is 0 Å². The molecule has 8 heteroatoms. The van der Waals surface area contributed by atoms with Gasteiger partial charge in [-0.15, -0.1) is 0 Å². The maximum atomic E-state index is 12.4. The first-order chi connectivity index (χ1) is 11.4. The van der Waals surface area contributed by atoms with Gasteiger partial charge in [-0.3, -0.25) is 4.79 Å². The van der Waals surface area contributed by atoms with Crippen LogP contribution in [0.25, 0.3) is 0 Å². The summed E-state index contributed by atoms with van der Waals surface area (Å²) in [6.45, 7) is 0. The number of nitrogens with one attached hydrogen (secondary N) is 1. The second kappa shape index (κ2) is 5.29. The smallest absolute Gasteiger partial charge is 0.338 e. The average molecular weight is 351 g/mol. The Balaban J connectivity index is 1.64. The summed E-state index contributed by atoms with van der Waals surface area (Å²) >= 11 is 0. The van der Waals surface area contributed by atoms with E-state index in [0.717, 1.165) is 0 Å². The molecule has 6 unspecified atom stereocenters. The molecule has 0 amide bonds. The maximum absolute atomic E-state index is 12.4. The van der Waals surface area contributed by atoms with Crippen molar-refractivity contribution in [3.05, 3.63) is 35.9 Å². The van der Waals surface area contributed by atoms with Crippen LogP contribution >= 0.6 is 0 Å². The minimum Gasteiger partial charge on any atom is -0.469 e. The second-order valence-electron chi connectivity index (χ2n) is 6.50. The molecule has 24 heavy (non-hydrogen) atoms. The van der Waals surface area contributed by atoms with Gasteiger partial charge in [-0.2, -0.15) is 0 Å². The number of benzene rings is 1. The average Bonchev–Trinajstić information content (AvgIpc) is 3.17. The van der Waals surface area contributed by atoms with E-state index < -0.39 is 45.3 Å². The Kier molecular flexibility index (Phi) is 3.43. The molecule has 1 aromatic carbocycles. The van der Waals surface area contributed by atoms with Crippen LogP contribution in [0, 0.1) is 17.8 Å². The highest BCUT2D eigenvalue weighted by Crippen LogP contribution is 2.56. The van der Waals surface area contributed by atoms with Gasteiger partial charge >= 0.3 is 11.9 Å². The third-order valence-corrected chi connectivity index (χ3v) is 7.36. The van der Waals surface area contributed by atoms with Crippen LogP contribution in [-0.2, 0) is 24.3 Å². The number of ether oxygens (including phenoxy) is 2. The lowest BCUT2D eigenvalue weighted by Gasteiger charge is -2.30. The highest BCUT2D eigenvalue weighted by molar-refractivity contribution is 7.90. The molecule has 128 valence electrons. The number of fused-ring (bicyclic) bond motifs is 1. The summed E-state index contributed by atoms with van der Waals surface area (Å²) in [7, 11) is -2.37. The monoisotopic (exact) mass is 351 g/mol. The third kappa shape index (κ3) is 2.09. The molecule has 1 heterocycles. The summed E-state index contributed by atoms with van der Waals surface area (Å²) in [6.07, 6.45) is -0.117. The number of methoxy groups -OCH3 is 1. The standard InChI is InChI=1S/C16H17NO6S/c1-22-16(19)11-9-7-10-12(17-24(20,21)14(10)11)13(9)23-15(18)8-5-3-2-4-6-8/h2-6,9-14,17H,7H2,1H3. The molecule has 1 aromatic rings. The predicted molar refractivity (Wildman–Crippen MR) is 82.4 cm³/mol. The molecule has 0 spiro atoms. The molecule has 1 N–H and O–H groups in total. The molecular weight excluding hydrogens is 334 g/mol. The first kappa shape index (κ1) is 15.6. The summed E-state index contributed by atoms with van der Waals surface area (Å²) in [5.74, 6) is -2.42. The largest absolute Gasteiger partial charge is 0.469 e. The number of rotatable bonds is 3. The fourth-order valence-electron chi connectivity index (χ4n) is 4.52. The van der Waals surface area contributed by atoms with Crippen LogP contribution in [-0.4, -0.2) is 44.9 Å². The summed E-state index contributed by atoms with van der Waals surface area (Å²) < 4.78 is 37.7. The molecule has 2 aliphatic carbocycles. The molecule has 0 aromatic heterocycles. The van der Waals surface area contributed by atoms with Crippen molar-refractivity contribution in [2.24, 2.45) is 17.8 Å². The Morgan fingerprint density at radius 2 is 1.88 bits per heavy atom. The van der Waals surface area contributed by atoms with Gasteiger partial charge in [-0.05, 0) is 24.5 Å². The Hall–Kier alpha value is -1.93. The third-order valence-electron chi connectivity index (χ3n) is 5.40. The predicted octanol–water partition coefficient (Wildman–Crippen LogP) is 0.321. The van der Waals surface area contributed by atoms with Gasteiger partial charge < -0.3 is 9.47 Å². The summed E-state index contributed by atoms with van der Waals surface area (Å²) in [6, 6.07) is 8.05. The molecule has 3 fully saturated rings. The van der Waals surface area contributed by atoms with E-state index in [-0.39, 0.29) is 11.8 Å². The summed E-state index contributed by atoms with van der Waals surface area (Å²) in [4.78, 5) is 24.5. The van der Waals surface area contributed by atoms with Crippen LogP contribution in [0.15, 0.2) is 30.3 Å². The van der Waals surface area contributed by atoms with E-state index in [0.29, 0.717) is 12.0 Å². The van der Waals surface area contributed by atoms with Crippen molar-refractivity contribution in [1.29, 1.82) is 0 Å². The van der Waals surface area contributed by atoms with Crippen molar-refractivity contribution in [2.45, 2.75) is 23.8 Å². The van der Waals surface area contributed by atoms with Gasteiger partial charge in [0.2, 0.25) is 10.0 Å². The zero-order chi connectivity index (χ0) is 17.1. The van der Waals surface area contributed by atoms with Gasteiger partial charge in [-0.1, -0.05) is 18.2 Å². The van der Waals surface area contributed by atoms with Crippen molar-refractivity contribution < 1.29 is 27.5 Å². The molecule has 0 radical (unpaired) electrons. The lowest BCUT2D eigenvalue weighted by Crippen LogP contribution is -2.46. The highest BCUT2D eigenvalue weighted by atomic mass is 32.2. The molecule has 6 atom stereocenters. The molecule has 1 aliphatic heterocycles. The van der Waals surface area contributed by atoms with E-state index in [1.54, 1.807) is 30.3 Å². The van der Waals surface area contributed by atoms with Crippen LogP contribution < -0.4 is 4.72 Å². The van der Waals surface area contributed by atoms with E-state index in [1.807, 2.05) is 0 Å². The van der Waals surface area contributed by atoms with E-state index in [2.05, 4.69) is 4.72 Å². The highest BCUT2D eigenvalue weighted by Gasteiger charge is 2.70. The van der Waals surface area contributed by atoms with Crippen molar-refractivity contribution >= 4 is 22.0 Å². The normalized spacial score (nSPS) is 38.0. The molecule has 1 saturated heterocycles. The number of sulfonamides is 1. The van der Waals surface area contributed by atoms with E-state index in [4.69, 9.17) is 9.47 Å². The zero-order valence-electron chi connectivity index (χ0n) is 12.9. The van der Waals surface area contributed by atoms with Crippen molar-refractivity contribution in [3.8, 4) is 0 Å². The summed E-state index contributed by atoms with van der Waals surface area (Å²) in [5, 5.41) is -0.786. The Bertz CT molecular complexity index is 792. The van der Waals surface area contributed by atoms with Crippen molar-refractivity contribution in [2.75, 3.05) is 7.11 Å². The van der Waals surface area contributed by atoms with Crippen LogP contribution in [0.1, 0.15) is 16.8 Å². The van der Waals surface area contributed by atoms with E-state index in [1.165, 1.54) is 7.11 Å². The number of esters is 2. The SMILES string of the molecule is COC(=O)C1C2CC3C(NS(=O)(=O)C31)C2OC(=O)c1ccccc1. The topological polar surface area (TPSA) is 98.8 Å². The van der Waals surface area contributed by atoms with E-state index in [9.17, 15) is 18.0 Å². The number of hydrogen-bond donors (Lipinski definition) is 1. The fourth-order valence-corrected chi connectivity index (χ4v) is 6.81. The van der Waals surface area contributed by atoms with Crippen LogP contribution in [0.3, 0.4) is 0 Å². The minimum atomic E-state index is -3.61. The quantitative estimate of drug-likeness (QED) is 0.788. The Labute approximate surface area is 139 Å². The van der Waals surface area contributed by atoms with Crippen molar-refractivity contribution in [1.82, 2.24) is 4.72 Å². The molecule has 3 aliphatic rings. The molecule has 4 rings (SSSR count). The number of carbonyl (C=O) groups excluding carboxylic acids is 2. The van der Waals surface area contributed by atoms with Gasteiger partial charge in [0, 0.05) is 5.92 Å².